The molecule has 174 valence electrons. The average molecular weight is 487 g/mol. The molecule has 0 bridgehead atoms. The number of aromatic nitrogens is 1. The van der Waals surface area contributed by atoms with E-state index in [1.165, 1.54) is 24.3 Å². The molecular formula is C22H26ClF3N4OS. The maximum absolute atomic E-state index is 15.1. The molecule has 1 unspecified atom stereocenters. The van der Waals surface area contributed by atoms with Crippen molar-refractivity contribution in [3.8, 4) is 0 Å². The molecule has 0 saturated carbocycles. The van der Waals surface area contributed by atoms with Crippen LogP contribution in [0.3, 0.4) is 0 Å². The van der Waals surface area contributed by atoms with E-state index in [2.05, 4.69) is 21.7 Å². The lowest BCUT2D eigenvalue weighted by molar-refractivity contribution is -0.0689. The highest BCUT2D eigenvalue weighted by molar-refractivity contribution is 8.00. The van der Waals surface area contributed by atoms with Crippen molar-refractivity contribution in [2.75, 3.05) is 43.4 Å². The Hall–Kier alpha value is -1.68. The van der Waals surface area contributed by atoms with Crippen molar-refractivity contribution in [3.05, 3.63) is 46.9 Å². The van der Waals surface area contributed by atoms with Crippen molar-refractivity contribution in [2.24, 2.45) is 0 Å². The molecule has 0 aliphatic carbocycles. The van der Waals surface area contributed by atoms with Crippen LogP contribution in [0.25, 0.3) is 0 Å². The van der Waals surface area contributed by atoms with Crippen LogP contribution in [-0.4, -0.2) is 55.3 Å². The monoisotopic (exact) mass is 486 g/mol. The van der Waals surface area contributed by atoms with Gasteiger partial charge in [-0.15, -0.1) is 0 Å². The summed E-state index contributed by atoms with van der Waals surface area (Å²) in [6.45, 7) is 2.11. The molecule has 3 heterocycles. The van der Waals surface area contributed by atoms with Crippen molar-refractivity contribution in [2.45, 2.75) is 42.2 Å². The van der Waals surface area contributed by atoms with Gasteiger partial charge in [0, 0.05) is 32.3 Å². The van der Waals surface area contributed by atoms with Gasteiger partial charge in [-0.3, -0.25) is 0 Å². The summed E-state index contributed by atoms with van der Waals surface area (Å²) in [6, 6.07) is 5.64. The molecule has 10 heteroatoms. The zero-order chi connectivity index (χ0) is 22.9. The Morgan fingerprint density at radius 1 is 1.25 bits per heavy atom. The first-order valence-electron chi connectivity index (χ1n) is 10.6. The highest BCUT2D eigenvalue weighted by atomic mass is 35.5. The fraction of sp³-hybridized carbons (Fsp3) is 0.500. The van der Waals surface area contributed by atoms with Crippen molar-refractivity contribution in [1.82, 2.24) is 9.88 Å². The number of nitrogens with one attached hydrogen (secondary N) is 1. The van der Waals surface area contributed by atoms with E-state index in [1.54, 1.807) is 7.11 Å². The van der Waals surface area contributed by atoms with Gasteiger partial charge in [0.15, 0.2) is 5.82 Å². The summed E-state index contributed by atoms with van der Waals surface area (Å²) in [6.07, 6.45) is 4.09. The Labute approximate surface area is 195 Å². The van der Waals surface area contributed by atoms with Crippen LogP contribution in [0.2, 0.25) is 5.02 Å². The van der Waals surface area contributed by atoms with Gasteiger partial charge in [0.1, 0.15) is 27.2 Å². The van der Waals surface area contributed by atoms with Crippen LogP contribution in [0.15, 0.2) is 29.2 Å². The number of rotatable bonds is 6. The summed E-state index contributed by atoms with van der Waals surface area (Å²) in [5.74, 6) is -2.15. The predicted octanol–water partition coefficient (Wildman–Crippen LogP) is 5.35. The molecule has 2 aliphatic heterocycles. The number of benzene rings is 1. The molecular weight excluding hydrogens is 461 g/mol. The average Bonchev–Trinajstić information content (AvgIpc) is 3.22. The number of likely N-dealkylation sites (tertiary alicyclic amines) is 1. The number of piperidine rings is 1. The van der Waals surface area contributed by atoms with E-state index < -0.39 is 23.2 Å². The van der Waals surface area contributed by atoms with Gasteiger partial charge in [-0.05, 0) is 56.9 Å². The van der Waals surface area contributed by atoms with E-state index >= 15 is 4.39 Å². The quantitative estimate of drug-likeness (QED) is 0.337. The van der Waals surface area contributed by atoms with Gasteiger partial charge in [0.2, 0.25) is 5.95 Å². The molecule has 2 aromatic rings. The van der Waals surface area contributed by atoms with Crippen LogP contribution in [0.5, 0.6) is 0 Å². The van der Waals surface area contributed by atoms with E-state index in [0.29, 0.717) is 30.7 Å². The van der Waals surface area contributed by atoms with Gasteiger partial charge in [-0.25, -0.2) is 13.8 Å². The Morgan fingerprint density at radius 2 is 2.06 bits per heavy atom. The van der Waals surface area contributed by atoms with E-state index in [4.69, 9.17) is 16.3 Å². The second-order valence-corrected chi connectivity index (χ2v) is 9.51. The first kappa shape index (κ1) is 23.5. The summed E-state index contributed by atoms with van der Waals surface area (Å²) in [7, 11) is 3.81. The fourth-order valence-corrected chi connectivity index (χ4v) is 5.78. The molecule has 2 fully saturated rings. The number of pyridine rings is 1. The second-order valence-electron chi connectivity index (χ2n) is 8.32. The lowest BCUT2D eigenvalue weighted by Gasteiger charge is -2.44. The minimum Gasteiger partial charge on any atom is -0.375 e. The zero-order valence-corrected chi connectivity index (χ0v) is 19.6. The van der Waals surface area contributed by atoms with Crippen molar-refractivity contribution < 1.29 is 17.9 Å². The van der Waals surface area contributed by atoms with Crippen LogP contribution < -0.4 is 9.62 Å². The minimum atomic E-state index is -0.861. The van der Waals surface area contributed by atoms with Crippen LogP contribution in [0, 0.1) is 17.6 Å². The number of anilines is 2. The third-order valence-electron chi connectivity index (χ3n) is 6.46. The summed E-state index contributed by atoms with van der Waals surface area (Å²) >= 11 is 7.02. The van der Waals surface area contributed by atoms with Gasteiger partial charge in [0.05, 0.1) is 5.69 Å². The Bertz CT molecular complexity index is 984. The first-order valence-corrected chi connectivity index (χ1v) is 11.8. The predicted molar refractivity (Wildman–Crippen MR) is 122 cm³/mol. The Morgan fingerprint density at radius 3 is 2.78 bits per heavy atom. The number of hydrogen-bond acceptors (Lipinski definition) is 6. The maximum atomic E-state index is 15.1. The summed E-state index contributed by atoms with van der Waals surface area (Å²) in [4.78, 5) is 7.55. The molecule has 1 aromatic heterocycles. The van der Waals surface area contributed by atoms with Crippen LogP contribution >= 0.6 is 23.5 Å². The number of halogens is 4. The molecule has 4 rings (SSSR count). The summed E-state index contributed by atoms with van der Waals surface area (Å²) < 4.78 is 51.9. The van der Waals surface area contributed by atoms with Crippen molar-refractivity contribution in [3.63, 3.8) is 0 Å². The molecule has 1 N–H and O–H groups in total. The van der Waals surface area contributed by atoms with Gasteiger partial charge >= 0.3 is 0 Å². The molecule has 1 aromatic carbocycles. The summed E-state index contributed by atoms with van der Waals surface area (Å²) in [5, 5.41) is -0.146. The molecule has 2 saturated heterocycles. The van der Waals surface area contributed by atoms with Gasteiger partial charge < -0.3 is 19.3 Å². The number of hydrogen-bond donors (Lipinski definition) is 1. The number of methoxy groups -OCH3 is 1. The Balaban J connectivity index is 1.54. The number of ether oxygens (including phenoxy) is 1. The standard InChI is InChI=1S/C22H26ClF3N4OS/c1-29-10-4-3-6-16(29)22(31-2)9-11-30(13-22)15-12-14(24)21(20(26)19(15)23)32-28-18-8-5-7-17(25)27-18/h5,7-8,12,16H,3-4,6,9-11,13H2,1-2H3,(H,27,28)/t16?,22-/m1/s1. The molecule has 0 spiro atoms. The van der Waals surface area contributed by atoms with Crippen LogP contribution in [0.1, 0.15) is 25.7 Å². The fourth-order valence-electron chi connectivity index (χ4n) is 4.78. The maximum Gasteiger partial charge on any atom is 0.214 e. The molecule has 0 amide bonds. The van der Waals surface area contributed by atoms with Gasteiger partial charge in [-0.1, -0.05) is 24.1 Å². The number of likely N-dealkylation sites (N-methyl/N-ethyl adjacent to an activating group) is 1. The molecule has 2 aliphatic rings. The lowest BCUT2D eigenvalue weighted by Crippen LogP contribution is -2.56. The third kappa shape index (κ3) is 4.53. The van der Waals surface area contributed by atoms with Gasteiger partial charge in [-0.2, -0.15) is 4.39 Å². The molecule has 2 atom stereocenters. The largest absolute Gasteiger partial charge is 0.375 e. The zero-order valence-electron chi connectivity index (χ0n) is 18.0. The lowest BCUT2D eigenvalue weighted by atomic mass is 9.85. The topological polar surface area (TPSA) is 40.6 Å². The van der Waals surface area contributed by atoms with Crippen molar-refractivity contribution in [1.29, 1.82) is 0 Å². The van der Waals surface area contributed by atoms with E-state index in [9.17, 15) is 8.78 Å². The first-order chi connectivity index (χ1) is 15.3. The van der Waals surface area contributed by atoms with Crippen LogP contribution in [0.4, 0.5) is 24.7 Å². The third-order valence-corrected chi connectivity index (χ3v) is 7.71. The van der Waals surface area contributed by atoms with Gasteiger partial charge in [0.25, 0.3) is 0 Å². The van der Waals surface area contributed by atoms with E-state index in [-0.39, 0.29) is 21.8 Å². The Kier molecular flexibility index (Phi) is 7.09. The second kappa shape index (κ2) is 9.67. The van der Waals surface area contributed by atoms with E-state index in [1.807, 2.05) is 4.90 Å². The molecule has 32 heavy (non-hydrogen) atoms. The highest BCUT2D eigenvalue weighted by Gasteiger charge is 2.47. The number of nitrogens with zero attached hydrogens (tertiary/aromatic N) is 3. The van der Waals surface area contributed by atoms with E-state index in [0.717, 1.165) is 32.2 Å². The minimum absolute atomic E-state index is 0.146. The molecule has 5 nitrogen and oxygen atoms in total. The summed E-state index contributed by atoms with van der Waals surface area (Å²) in [5.41, 5.74) is -0.101. The normalized spacial score (nSPS) is 24.2. The smallest absolute Gasteiger partial charge is 0.214 e. The van der Waals surface area contributed by atoms with Crippen molar-refractivity contribution >= 4 is 35.1 Å². The van der Waals surface area contributed by atoms with Crippen LogP contribution in [-0.2, 0) is 4.74 Å². The SMILES string of the molecule is CO[C@]1(C2CCCCN2C)CCN(c2cc(F)c(SNc3cccc(F)n3)c(F)c2Cl)C1. The highest BCUT2D eigenvalue weighted by Crippen LogP contribution is 2.42. The molecule has 0 radical (unpaired) electrons.